The Morgan fingerprint density at radius 1 is 1.16 bits per heavy atom. The van der Waals surface area contributed by atoms with Gasteiger partial charge in [-0.3, -0.25) is 9.59 Å². The zero-order chi connectivity index (χ0) is 17.6. The van der Waals surface area contributed by atoms with Gasteiger partial charge >= 0.3 is 0 Å². The van der Waals surface area contributed by atoms with Crippen LogP contribution in [0.1, 0.15) is 15.9 Å². The molecule has 0 radical (unpaired) electrons. The minimum absolute atomic E-state index is 0.148. The number of nitrogens with one attached hydrogen (secondary N) is 1. The highest BCUT2D eigenvalue weighted by molar-refractivity contribution is 6.30. The fraction of sp³-hybridized carbons (Fsp3) is 0.278. The molecule has 0 aliphatic carbocycles. The van der Waals surface area contributed by atoms with Crippen molar-refractivity contribution in [1.82, 2.24) is 15.2 Å². The molecule has 1 saturated heterocycles. The van der Waals surface area contributed by atoms with Crippen LogP contribution in [0, 0.1) is 0 Å². The first-order chi connectivity index (χ1) is 12.2. The first-order valence-electron chi connectivity index (χ1n) is 8.09. The molecule has 1 aromatic carbocycles. The van der Waals surface area contributed by atoms with Crippen LogP contribution >= 0.6 is 11.6 Å². The minimum Gasteiger partial charge on any atom is -0.353 e. The van der Waals surface area contributed by atoms with E-state index in [2.05, 4.69) is 15.2 Å². The van der Waals surface area contributed by atoms with Crippen molar-refractivity contribution in [3.05, 3.63) is 58.7 Å². The van der Waals surface area contributed by atoms with E-state index in [0.29, 0.717) is 43.3 Å². The summed E-state index contributed by atoms with van der Waals surface area (Å²) >= 11 is 5.86. The summed E-state index contributed by atoms with van der Waals surface area (Å²) in [4.78, 5) is 31.3. The van der Waals surface area contributed by atoms with Crippen LogP contribution in [-0.4, -0.2) is 48.4 Å². The van der Waals surface area contributed by atoms with Gasteiger partial charge in [0.25, 0.3) is 5.91 Å². The molecule has 25 heavy (non-hydrogen) atoms. The molecule has 130 valence electrons. The second kappa shape index (κ2) is 7.98. The monoisotopic (exact) mass is 358 g/mol. The van der Waals surface area contributed by atoms with Gasteiger partial charge in [0.2, 0.25) is 6.41 Å². The summed E-state index contributed by atoms with van der Waals surface area (Å²) in [5.74, 6) is 0.606. The number of halogens is 1. The molecular formula is C18H19ClN4O2. The number of rotatable bonds is 5. The van der Waals surface area contributed by atoms with E-state index in [1.54, 1.807) is 35.4 Å². The first kappa shape index (κ1) is 17.2. The normalized spacial score (nSPS) is 14.3. The lowest BCUT2D eigenvalue weighted by Gasteiger charge is -2.33. The number of piperazine rings is 1. The third-order valence-corrected chi connectivity index (χ3v) is 4.41. The Kier molecular flexibility index (Phi) is 5.50. The van der Waals surface area contributed by atoms with E-state index in [4.69, 9.17) is 11.6 Å². The smallest absolute Gasteiger partial charge is 0.251 e. The summed E-state index contributed by atoms with van der Waals surface area (Å²) in [5, 5.41) is 3.57. The third-order valence-electron chi connectivity index (χ3n) is 4.16. The fourth-order valence-electron chi connectivity index (χ4n) is 2.68. The maximum Gasteiger partial charge on any atom is 0.251 e. The second-order valence-corrected chi connectivity index (χ2v) is 6.28. The Hall–Kier alpha value is -2.60. The van der Waals surface area contributed by atoms with Gasteiger partial charge in [-0.15, -0.1) is 0 Å². The third kappa shape index (κ3) is 4.48. The summed E-state index contributed by atoms with van der Waals surface area (Å²) in [6.45, 7) is 3.19. The lowest BCUT2D eigenvalue weighted by Crippen LogP contribution is -2.46. The highest BCUT2D eigenvalue weighted by Gasteiger charge is 2.17. The summed E-state index contributed by atoms with van der Waals surface area (Å²) in [5.41, 5.74) is 1.55. The van der Waals surface area contributed by atoms with Crippen molar-refractivity contribution in [1.29, 1.82) is 0 Å². The summed E-state index contributed by atoms with van der Waals surface area (Å²) in [6, 6.07) is 10.8. The number of amides is 2. The van der Waals surface area contributed by atoms with Crippen LogP contribution in [0.4, 0.5) is 5.82 Å². The van der Waals surface area contributed by atoms with Crippen LogP contribution < -0.4 is 10.2 Å². The SMILES string of the molecule is O=CN1CCN(c2cc(C(=O)NCc3ccc(Cl)cc3)ccn2)CC1. The number of hydrogen-bond donors (Lipinski definition) is 1. The summed E-state index contributed by atoms with van der Waals surface area (Å²) in [6.07, 6.45) is 2.50. The summed E-state index contributed by atoms with van der Waals surface area (Å²) < 4.78 is 0. The Labute approximate surface area is 151 Å². The molecule has 0 spiro atoms. The molecule has 0 unspecified atom stereocenters. The van der Waals surface area contributed by atoms with Gasteiger partial charge in [0.1, 0.15) is 5.82 Å². The zero-order valence-corrected chi connectivity index (χ0v) is 14.4. The van der Waals surface area contributed by atoms with Gasteiger partial charge in [0.15, 0.2) is 0 Å². The van der Waals surface area contributed by atoms with Crippen molar-refractivity contribution in [3.63, 3.8) is 0 Å². The molecule has 2 amide bonds. The first-order valence-corrected chi connectivity index (χ1v) is 8.46. The van der Waals surface area contributed by atoms with Crippen molar-refractivity contribution >= 4 is 29.7 Å². The van der Waals surface area contributed by atoms with Gasteiger partial charge in [-0.1, -0.05) is 23.7 Å². The standard InChI is InChI=1S/C18H19ClN4O2/c19-16-3-1-14(2-4-16)12-21-18(25)15-5-6-20-17(11-15)23-9-7-22(13-24)8-10-23/h1-6,11,13H,7-10,12H2,(H,21,25). The Morgan fingerprint density at radius 2 is 1.88 bits per heavy atom. The van der Waals surface area contributed by atoms with Crippen LogP contribution in [-0.2, 0) is 11.3 Å². The van der Waals surface area contributed by atoms with Crippen LogP contribution in [0.25, 0.3) is 0 Å². The molecule has 0 saturated carbocycles. The molecular weight excluding hydrogens is 340 g/mol. The molecule has 0 atom stereocenters. The molecule has 1 aliphatic heterocycles. The van der Waals surface area contributed by atoms with E-state index < -0.39 is 0 Å². The van der Waals surface area contributed by atoms with Crippen LogP contribution in [0.2, 0.25) is 5.02 Å². The van der Waals surface area contributed by atoms with E-state index in [0.717, 1.165) is 17.8 Å². The molecule has 2 heterocycles. The molecule has 1 aliphatic rings. The van der Waals surface area contributed by atoms with Crippen molar-refractivity contribution < 1.29 is 9.59 Å². The average Bonchev–Trinajstić information content (AvgIpc) is 2.67. The van der Waals surface area contributed by atoms with E-state index in [-0.39, 0.29) is 5.91 Å². The highest BCUT2D eigenvalue weighted by atomic mass is 35.5. The molecule has 1 N–H and O–H groups in total. The predicted molar refractivity (Wildman–Crippen MR) is 96.7 cm³/mol. The number of carbonyl (C=O) groups excluding carboxylic acids is 2. The van der Waals surface area contributed by atoms with Crippen molar-refractivity contribution in [2.45, 2.75) is 6.54 Å². The number of carbonyl (C=O) groups is 2. The van der Waals surface area contributed by atoms with E-state index in [9.17, 15) is 9.59 Å². The fourth-order valence-corrected chi connectivity index (χ4v) is 2.80. The van der Waals surface area contributed by atoms with Crippen molar-refractivity contribution in [2.24, 2.45) is 0 Å². The minimum atomic E-state index is -0.148. The maximum absolute atomic E-state index is 12.4. The quantitative estimate of drug-likeness (QED) is 0.830. The molecule has 2 aromatic rings. The van der Waals surface area contributed by atoms with Gasteiger partial charge in [0.05, 0.1) is 0 Å². The number of pyridine rings is 1. The van der Waals surface area contributed by atoms with Crippen molar-refractivity contribution in [2.75, 3.05) is 31.1 Å². The van der Waals surface area contributed by atoms with Gasteiger partial charge < -0.3 is 15.1 Å². The van der Waals surface area contributed by atoms with E-state index in [1.165, 1.54) is 0 Å². The van der Waals surface area contributed by atoms with Crippen LogP contribution in [0.5, 0.6) is 0 Å². The molecule has 1 fully saturated rings. The topological polar surface area (TPSA) is 65.5 Å². The second-order valence-electron chi connectivity index (χ2n) is 5.84. The zero-order valence-electron chi connectivity index (χ0n) is 13.7. The molecule has 6 nitrogen and oxygen atoms in total. The largest absolute Gasteiger partial charge is 0.353 e. The van der Waals surface area contributed by atoms with Gasteiger partial charge in [-0.2, -0.15) is 0 Å². The molecule has 1 aromatic heterocycles. The Bertz CT molecular complexity index is 743. The Morgan fingerprint density at radius 3 is 2.56 bits per heavy atom. The molecule has 3 rings (SSSR count). The maximum atomic E-state index is 12.4. The highest BCUT2D eigenvalue weighted by Crippen LogP contribution is 2.15. The Balaban J connectivity index is 1.61. The van der Waals surface area contributed by atoms with E-state index in [1.807, 2.05) is 12.1 Å². The number of anilines is 1. The lowest BCUT2D eigenvalue weighted by atomic mass is 10.2. The molecule has 7 heteroatoms. The van der Waals surface area contributed by atoms with Crippen LogP contribution in [0.3, 0.4) is 0 Å². The van der Waals surface area contributed by atoms with Gasteiger partial charge in [-0.05, 0) is 29.8 Å². The van der Waals surface area contributed by atoms with E-state index >= 15 is 0 Å². The predicted octanol–water partition coefficient (Wildman–Crippen LogP) is 1.94. The van der Waals surface area contributed by atoms with Gasteiger partial charge in [0, 0.05) is 49.5 Å². The summed E-state index contributed by atoms with van der Waals surface area (Å²) in [7, 11) is 0. The van der Waals surface area contributed by atoms with Crippen molar-refractivity contribution in [3.8, 4) is 0 Å². The number of hydrogen-bond acceptors (Lipinski definition) is 4. The number of nitrogens with zero attached hydrogens (tertiary/aromatic N) is 3. The number of aromatic nitrogens is 1. The molecule has 0 bridgehead atoms. The average molecular weight is 359 g/mol. The van der Waals surface area contributed by atoms with Crippen LogP contribution in [0.15, 0.2) is 42.6 Å². The number of benzene rings is 1. The lowest BCUT2D eigenvalue weighted by molar-refractivity contribution is -0.118. The van der Waals surface area contributed by atoms with Gasteiger partial charge in [-0.25, -0.2) is 4.98 Å².